The molecule has 0 spiro atoms. The molecule has 210 valence electrons. The van der Waals surface area contributed by atoms with Crippen LogP contribution >= 0.6 is 0 Å². The van der Waals surface area contributed by atoms with E-state index in [1.165, 1.54) is 88.0 Å². The van der Waals surface area contributed by atoms with Crippen molar-refractivity contribution < 1.29 is 0 Å². The Balaban J connectivity index is 1.38. The molecule has 0 N–H and O–H groups in total. The van der Waals surface area contributed by atoms with Crippen LogP contribution in [0.25, 0.3) is 71.3 Å². The zero-order valence-corrected chi connectivity index (χ0v) is 25.3. The zero-order chi connectivity index (χ0) is 29.6. The summed E-state index contributed by atoms with van der Waals surface area (Å²) < 4.78 is 0. The number of aryl methyl sites for hydroxylation is 1. The van der Waals surface area contributed by atoms with Gasteiger partial charge in [-0.3, -0.25) is 0 Å². The average Bonchev–Trinajstić information content (AvgIpc) is 3.07. The van der Waals surface area contributed by atoms with E-state index in [-0.39, 0.29) is 0 Å². The van der Waals surface area contributed by atoms with Crippen LogP contribution in [-0.4, -0.2) is 0 Å². The maximum atomic E-state index is 2.43. The fourth-order valence-corrected chi connectivity index (χ4v) is 7.24. The highest BCUT2D eigenvalue weighted by molar-refractivity contribution is 6.21. The summed E-state index contributed by atoms with van der Waals surface area (Å²) in [5, 5.41) is 7.69. The molecule has 0 heterocycles. The minimum atomic E-state index is 1.13. The lowest BCUT2D eigenvalue weighted by molar-refractivity contribution is 0.967. The van der Waals surface area contributed by atoms with Crippen molar-refractivity contribution in [3.05, 3.63) is 162 Å². The van der Waals surface area contributed by atoms with Crippen molar-refractivity contribution in [1.82, 2.24) is 0 Å². The molecule has 7 aromatic carbocycles. The molecule has 0 bridgehead atoms. The van der Waals surface area contributed by atoms with E-state index < -0.39 is 0 Å². The Kier molecular flexibility index (Phi) is 6.50. The van der Waals surface area contributed by atoms with Crippen LogP contribution in [0.2, 0.25) is 0 Å². The fraction of sp³-hybridized carbons (Fsp3) is 0.0909. The van der Waals surface area contributed by atoms with Gasteiger partial charge in [0.1, 0.15) is 0 Å². The molecule has 0 nitrogen and oxygen atoms in total. The maximum Gasteiger partial charge on any atom is -0.00262 e. The highest BCUT2D eigenvalue weighted by Crippen LogP contribution is 2.45. The van der Waals surface area contributed by atoms with Gasteiger partial charge in [-0.2, -0.15) is 0 Å². The second-order valence-electron chi connectivity index (χ2n) is 12.1. The number of benzene rings is 7. The van der Waals surface area contributed by atoms with E-state index in [4.69, 9.17) is 0 Å². The van der Waals surface area contributed by atoms with E-state index in [2.05, 4.69) is 159 Å². The molecule has 7 aromatic rings. The van der Waals surface area contributed by atoms with Gasteiger partial charge >= 0.3 is 0 Å². The molecule has 1 aliphatic carbocycles. The Labute approximate surface area is 259 Å². The highest BCUT2D eigenvalue weighted by Gasteiger charge is 2.18. The van der Waals surface area contributed by atoms with Gasteiger partial charge in [-0.25, -0.2) is 0 Å². The van der Waals surface area contributed by atoms with Crippen molar-refractivity contribution in [2.75, 3.05) is 0 Å². The number of fused-ring (bicyclic) bond motifs is 3. The van der Waals surface area contributed by atoms with E-state index in [0.29, 0.717) is 0 Å². The van der Waals surface area contributed by atoms with Crippen LogP contribution in [0.5, 0.6) is 0 Å². The zero-order valence-electron chi connectivity index (χ0n) is 25.3. The van der Waals surface area contributed by atoms with E-state index in [1.54, 1.807) is 0 Å². The smallest absolute Gasteiger partial charge is 0.00262 e. The van der Waals surface area contributed by atoms with Crippen LogP contribution in [0.4, 0.5) is 0 Å². The molecule has 1 aliphatic rings. The van der Waals surface area contributed by atoms with Crippen LogP contribution in [-0.2, 0) is 0 Å². The van der Waals surface area contributed by atoms with Gasteiger partial charge in [0.05, 0.1) is 0 Å². The lowest BCUT2D eigenvalue weighted by Crippen LogP contribution is -1.96. The topological polar surface area (TPSA) is 0 Å². The van der Waals surface area contributed by atoms with Crippen molar-refractivity contribution in [3.8, 4) is 33.4 Å². The standard InChI is InChI=1S/C44H34/c1-29-13-3-5-18-35(29)42-28-34(26-25-30(42)2)44-40-22-9-7-20-38(40)43(39-21-8-10-23-41(39)44)33-17-11-16-32(27-33)37-24-12-15-31-14-4-6-19-36(31)37/h4-12,14-28H,3,13H2,1-2H3. The quantitative estimate of drug-likeness (QED) is 0.187. The third-order valence-electron chi connectivity index (χ3n) is 9.43. The molecule has 0 saturated heterocycles. The molecule has 0 radical (unpaired) electrons. The van der Waals surface area contributed by atoms with Crippen LogP contribution < -0.4 is 0 Å². The van der Waals surface area contributed by atoms with Gasteiger partial charge in [0.15, 0.2) is 0 Å². The Bertz CT molecular complexity index is 2230. The molecule has 0 aromatic heterocycles. The molecule has 0 aliphatic heterocycles. The van der Waals surface area contributed by atoms with Crippen molar-refractivity contribution in [3.63, 3.8) is 0 Å². The van der Waals surface area contributed by atoms with Crippen molar-refractivity contribution >= 4 is 37.9 Å². The summed E-state index contributed by atoms with van der Waals surface area (Å²) in [5.41, 5.74) is 13.1. The second kappa shape index (κ2) is 10.8. The number of hydrogen-bond donors (Lipinski definition) is 0. The van der Waals surface area contributed by atoms with E-state index >= 15 is 0 Å². The first-order chi connectivity index (χ1) is 21.7. The number of rotatable bonds is 4. The summed E-state index contributed by atoms with van der Waals surface area (Å²) in [5.74, 6) is 0. The molecule has 0 atom stereocenters. The monoisotopic (exact) mass is 562 g/mol. The molecule has 0 saturated carbocycles. The normalized spacial score (nSPS) is 13.3. The van der Waals surface area contributed by atoms with Gasteiger partial charge in [0.2, 0.25) is 0 Å². The largest absolute Gasteiger partial charge is 0.0836 e. The summed E-state index contributed by atoms with van der Waals surface area (Å²) in [6.07, 6.45) is 6.91. The van der Waals surface area contributed by atoms with Crippen molar-refractivity contribution in [1.29, 1.82) is 0 Å². The summed E-state index contributed by atoms with van der Waals surface area (Å²) >= 11 is 0. The van der Waals surface area contributed by atoms with E-state index in [1.807, 2.05) is 0 Å². The van der Waals surface area contributed by atoms with Crippen molar-refractivity contribution in [2.45, 2.75) is 26.7 Å². The lowest BCUT2D eigenvalue weighted by Gasteiger charge is -2.20. The summed E-state index contributed by atoms with van der Waals surface area (Å²) in [4.78, 5) is 0. The minimum Gasteiger partial charge on any atom is -0.0836 e. The van der Waals surface area contributed by atoms with Crippen LogP contribution in [0, 0.1) is 6.92 Å². The Hall–Kier alpha value is -5.20. The van der Waals surface area contributed by atoms with Crippen LogP contribution in [0.3, 0.4) is 0 Å². The predicted molar refractivity (Wildman–Crippen MR) is 191 cm³/mol. The third-order valence-corrected chi connectivity index (χ3v) is 9.43. The summed E-state index contributed by atoms with van der Waals surface area (Å²) in [7, 11) is 0. The third kappa shape index (κ3) is 4.38. The molecular formula is C44H34. The SMILES string of the molecule is CC1=C(c2cc(-c3c4ccccc4c(-c4cccc(-c5cccc6ccccc56)c4)c4ccccc34)ccc2C)C=CCC1. The minimum absolute atomic E-state index is 1.13. The van der Waals surface area contributed by atoms with Gasteiger partial charge in [-0.05, 0) is 121 Å². The summed E-state index contributed by atoms with van der Waals surface area (Å²) in [6, 6.07) is 49.4. The molecule has 0 heteroatoms. The van der Waals surface area contributed by atoms with Crippen LogP contribution in [0.15, 0.2) is 151 Å². The van der Waals surface area contributed by atoms with Gasteiger partial charge < -0.3 is 0 Å². The van der Waals surface area contributed by atoms with E-state index in [9.17, 15) is 0 Å². The second-order valence-corrected chi connectivity index (χ2v) is 12.1. The van der Waals surface area contributed by atoms with Gasteiger partial charge in [-0.1, -0.05) is 139 Å². The maximum absolute atomic E-state index is 2.43. The number of hydrogen-bond acceptors (Lipinski definition) is 0. The van der Waals surface area contributed by atoms with Crippen LogP contribution in [0.1, 0.15) is 30.9 Å². The van der Waals surface area contributed by atoms with Gasteiger partial charge in [-0.15, -0.1) is 0 Å². The predicted octanol–water partition coefficient (Wildman–Crippen LogP) is 12.6. The van der Waals surface area contributed by atoms with E-state index in [0.717, 1.165) is 12.8 Å². The first-order valence-electron chi connectivity index (χ1n) is 15.7. The summed E-state index contributed by atoms with van der Waals surface area (Å²) in [6.45, 7) is 4.53. The van der Waals surface area contributed by atoms with Gasteiger partial charge in [0.25, 0.3) is 0 Å². The Morgan fingerprint density at radius 3 is 1.70 bits per heavy atom. The molecule has 0 fully saturated rings. The first-order valence-corrected chi connectivity index (χ1v) is 15.7. The Morgan fingerprint density at radius 1 is 0.455 bits per heavy atom. The molecule has 8 rings (SSSR count). The molecule has 0 unspecified atom stereocenters. The van der Waals surface area contributed by atoms with Gasteiger partial charge in [0, 0.05) is 0 Å². The lowest BCUT2D eigenvalue weighted by atomic mass is 9.83. The fourth-order valence-electron chi connectivity index (χ4n) is 7.24. The molecular weight excluding hydrogens is 528 g/mol. The molecule has 44 heavy (non-hydrogen) atoms. The Morgan fingerprint density at radius 2 is 1.02 bits per heavy atom. The van der Waals surface area contributed by atoms with Crippen molar-refractivity contribution in [2.24, 2.45) is 0 Å². The first kappa shape index (κ1) is 26.4. The molecule has 0 amide bonds. The number of allylic oxidation sites excluding steroid dienone is 4. The highest BCUT2D eigenvalue weighted by atomic mass is 14.2. The average molecular weight is 563 g/mol.